The highest BCUT2D eigenvalue weighted by Gasteiger charge is 2.08. The Morgan fingerprint density at radius 2 is 2.33 bits per heavy atom. The van der Waals surface area contributed by atoms with Gasteiger partial charge in [-0.25, -0.2) is 4.68 Å². The number of nitrogens with zero attached hydrogens (tertiary/aromatic N) is 4. The Morgan fingerprint density at radius 1 is 1.48 bits per heavy atom. The predicted molar refractivity (Wildman–Crippen MR) is 77.5 cm³/mol. The van der Waals surface area contributed by atoms with Gasteiger partial charge in [-0.2, -0.15) is 0 Å². The van der Waals surface area contributed by atoms with Gasteiger partial charge in [0.15, 0.2) is 0 Å². The van der Waals surface area contributed by atoms with E-state index in [0.717, 1.165) is 0 Å². The molecule has 0 aliphatic carbocycles. The molecule has 9 heteroatoms. The van der Waals surface area contributed by atoms with Gasteiger partial charge in [0, 0.05) is 13.7 Å². The lowest BCUT2D eigenvalue weighted by atomic mass is 10.2. The molecule has 2 aromatic rings. The molecule has 112 valence electrons. The first-order chi connectivity index (χ1) is 10.2. The SMILES string of the molecule is COCCNCC(=O)Nc1cc(-n2cnnn2)ccc1Cl. The number of carbonyl (C=O) groups is 1. The summed E-state index contributed by atoms with van der Waals surface area (Å²) < 4.78 is 6.36. The zero-order valence-corrected chi connectivity index (χ0v) is 12.2. The second kappa shape index (κ2) is 7.67. The van der Waals surface area contributed by atoms with Gasteiger partial charge in [0.05, 0.1) is 29.5 Å². The topological polar surface area (TPSA) is 94.0 Å². The van der Waals surface area contributed by atoms with Crippen LogP contribution < -0.4 is 10.6 Å². The number of rotatable bonds is 7. The van der Waals surface area contributed by atoms with E-state index in [4.69, 9.17) is 16.3 Å². The van der Waals surface area contributed by atoms with Crippen molar-refractivity contribution in [3.8, 4) is 5.69 Å². The van der Waals surface area contributed by atoms with E-state index < -0.39 is 0 Å². The Morgan fingerprint density at radius 3 is 3.05 bits per heavy atom. The minimum Gasteiger partial charge on any atom is -0.383 e. The molecule has 0 fully saturated rings. The molecule has 1 aromatic carbocycles. The van der Waals surface area contributed by atoms with Gasteiger partial charge >= 0.3 is 0 Å². The molecule has 8 nitrogen and oxygen atoms in total. The molecular weight excluding hydrogens is 296 g/mol. The van der Waals surface area contributed by atoms with Crippen LogP contribution in [0.5, 0.6) is 0 Å². The van der Waals surface area contributed by atoms with Gasteiger partial charge in [-0.05, 0) is 28.6 Å². The van der Waals surface area contributed by atoms with Crippen LogP contribution in [0.25, 0.3) is 5.69 Å². The van der Waals surface area contributed by atoms with Gasteiger partial charge in [-0.1, -0.05) is 11.6 Å². The first-order valence-corrected chi connectivity index (χ1v) is 6.61. The van der Waals surface area contributed by atoms with E-state index in [9.17, 15) is 4.79 Å². The third-order valence-corrected chi connectivity index (χ3v) is 2.94. The van der Waals surface area contributed by atoms with Crippen LogP contribution in [0.2, 0.25) is 5.02 Å². The lowest BCUT2D eigenvalue weighted by molar-refractivity contribution is -0.115. The van der Waals surface area contributed by atoms with E-state index in [2.05, 4.69) is 26.2 Å². The molecule has 0 saturated carbocycles. The summed E-state index contributed by atoms with van der Waals surface area (Å²) in [7, 11) is 1.60. The molecule has 2 rings (SSSR count). The lowest BCUT2D eigenvalue weighted by Crippen LogP contribution is -2.30. The van der Waals surface area contributed by atoms with Gasteiger partial charge in [0.25, 0.3) is 0 Å². The molecule has 0 radical (unpaired) electrons. The van der Waals surface area contributed by atoms with Crippen molar-refractivity contribution in [2.45, 2.75) is 0 Å². The highest BCUT2D eigenvalue weighted by atomic mass is 35.5. The molecule has 0 spiro atoms. The van der Waals surface area contributed by atoms with E-state index in [1.165, 1.54) is 11.0 Å². The molecule has 1 aromatic heterocycles. The first-order valence-electron chi connectivity index (χ1n) is 6.23. The zero-order valence-electron chi connectivity index (χ0n) is 11.4. The zero-order chi connectivity index (χ0) is 15.1. The minimum absolute atomic E-state index is 0.175. The maximum absolute atomic E-state index is 11.8. The van der Waals surface area contributed by atoms with Crippen molar-refractivity contribution < 1.29 is 9.53 Å². The summed E-state index contributed by atoms with van der Waals surface area (Å²) >= 11 is 6.07. The molecule has 1 heterocycles. The van der Waals surface area contributed by atoms with Crippen molar-refractivity contribution in [2.24, 2.45) is 0 Å². The number of methoxy groups -OCH3 is 1. The maximum atomic E-state index is 11.8. The van der Waals surface area contributed by atoms with Crippen molar-refractivity contribution in [2.75, 3.05) is 32.1 Å². The van der Waals surface area contributed by atoms with Crippen LogP contribution in [0.1, 0.15) is 0 Å². The molecule has 0 saturated heterocycles. The Labute approximate surface area is 126 Å². The van der Waals surface area contributed by atoms with Crippen LogP contribution in [-0.2, 0) is 9.53 Å². The number of hydrogen-bond acceptors (Lipinski definition) is 6. The van der Waals surface area contributed by atoms with Gasteiger partial charge in [-0.3, -0.25) is 4.79 Å². The number of tetrazole rings is 1. The van der Waals surface area contributed by atoms with E-state index in [1.54, 1.807) is 25.3 Å². The third-order valence-electron chi connectivity index (χ3n) is 2.61. The predicted octanol–water partition coefficient (Wildman–Crippen LogP) is 0.490. The molecule has 0 aliphatic rings. The van der Waals surface area contributed by atoms with Crippen molar-refractivity contribution in [3.63, 3.8) is 0 Å². The monoisotopic (exact) mass is 310 g/mol. The maximum Gasteiger partial charge on any atom is 0.238 e. The molecule has 21 heavy (non-hydrogen) atoms. The van der Waals surface area contributed by atoms with Gasteiger partial charge in [0.2, 0.25) is 5.91 Å². The molecule has 2 N–H and O–H groups in total. The number of benzene rings is 1. The number of hydrogen-bond donors (Lipinski definition) is 2. The smallest absolute Gasteiger partial charge is 0.238 e. The molecule has 1 amide bonds. The van der Waals surface area contributed by atoms with E-state index in [0.29, 0.717) is 29.5 Å². The number of amides is 1. The summed E-state index contributed by atoms with van der Waals surface area (Å²) in [6.07, 6.45) is 1.46. The van der Waals surface area contributed by atoms with Gasteiger partial charge in [0.1, 0.15) is 6.33 Å². The first kappa shape index (κ1) is 15.4. The van der Waals surface area contributed by atoms with Gasteiger partial charge < -0.3 is 15.4 Å². The van der Waals surface area contributed by atoms with Gasteiger partial charge in [-0.15, -0.1) is 5.10 Å². The highest BCUT2D eigenvalue weighted by molar-refractivity contribution is 6.33. The third kappa shape index (κ3) is 4.48. The number of nitrogens with one attached hydrogen (secondary N) is 2. The number of carbonyl (C=O) groups excluding carboxylic acids is 1. The summed E-state index contributed by atoms with van der Waals surface area (Å²) in [6.45, 7) is 1.32. The quantitative estimate of drug-likeness (QED) is 0.723. The van der Waals surface area contributed by atoms with Crippen molar-refractivity contribution in [1.29, 1.82) is 0 Å². The fourth-order valence-electron chi connectivity index (χ4n) is 1.60. The summed E-state index contributed by atoms with van der Waals surface area (Å²) in [5.41, 5.74) is 1.20. The normalized spacial score (nSPS) is 10.6. The van der Waals surface area contributed by atoms with Crippen LogP contribution in [0, 0.1) is 0 Å². The minimum atomic E-state index is -0.193. The lowest BCUT2D eigenvalue weighted by Gasteiger charge is -2.09. The highest BCUT2D eigenvalue weighted by Crippen LogP contribution is 2.24. The van der Waals surface area contributed by atoms with Crippen LogP contribution in [-0.4, -0.2) is 52.9 Å². The van der Waals surface area contributed by atoms with Crippen molar-refractivity contribution in [3.05, 3.63) is 29.5 Å². The fraction of sp³-hybridized carbons (Fsp3) is 0.333. The molecule has 0 bridgehead atoms. The number of aromatic nitrogens is 4. The Bertz CT molecular complexity index is 589. The average Bonchev–Trinajstić information content (AvgIpc) is 3.00. The Hall–Kier alpha value is -2.03. The fourth-order valence-corrected chi connectivity index (χ4v) is 1.77. The number of halogens is 1. The molecular formula is C12H15ClN6O2. The second-order valence-electron chi connectivity index (χ2n) is 4.14. The molecule has 0 unspecified atom stereocenters. The summed E-state index contributed by atoms with van der Waals surface area (Å²) in [6, 6.07) is 5.13. The summed E-state index contributed by atoms with van der Waals surface area (Å²) in [5, 5.41) is 17.0. The number of ether oxygens (including phenoxy) is 1. The van der Waals surface area contributed by atoms with E-state index >= 15 is 0 Å². The summed E-state index contributed by atoms with van der Waals surface area (Å²) in [5.74, 6) is -0.193. The Balaban J connectivity index is 1.99. The Kier molecular flexibility index (Phi) is 5.61. The van der Waals surface area contributed by atoms with Crippen LogP contribution in [0.3, 0.4) is 0 Å². The average molecular weight is 311 g/mol. The van der Waals surface area contributed by atoms with Crippen LogP contribution in [0.15, 0.2) is 24.5 Å². The second-order valence-corrected chi connectivity index (χ2v) is 4.54. The number of anilines is 1. The van der Waals surface area contributed by atoms with Crippen LogP contribution >= 0.6 is 11.6 Å². The van der Waals surface area contributed by atoms with E-state index in [1.807, 2.05) is 0 Å². The van der Waals surface area contributed by atoms with Crippen molar-refractivity contribution >= 4 is 23.2 Å². The largest absolute Gasteiger partial charge is 0.383 e. The molecule has 0 atom stereocenters. The van der Waals surface area contributed by atoms with Crippen molar-refractivity contribution in [1.82, 2.24) is 25.5 Å². The van der Waals surface area contributed by atoms with E-state index in [-0.39, 0.29) is 12.5 Å². The standard InChI is InChI=1S/C12H15ClN6O2/c1-21-5-4-14-7-12(20)16-11-6-9(2-3-10(11)13)19-8-15-17-18-19/h2-3,6,8,14H,4-5,7H2,1H3,(H,16,20). The van der Waals surface area contributed by atoms with Crippen LogP contribution in [0.4, 0.5) is 5.69 Å². The molecule has 0 aliphatic heterocycles. The summed E-state index contributed by atoms with van der Waals surface area (Å²) in [4.78, 5) is 11.8.